The van der Waals surface area contributed by atoms with Gasteiger partial charge in [0.05, 0.1) is 0 Å². The lowest BCUT2D eigenvalue weighted by atomic mass is 10.0. The van der Waals surface area contributed by atoms with Crippen molar-refractivity contribution in [3.63, 3.8) is 0 Å². The van der Waals surface area contributed by atoms with Crippen LogP contribution >= 0.6 is 0 Å². The number of unbranched alkanes of at least 4 members (excludes halogenated alkanes) is 35. The summed E-state index contributed by atoms with van der Waals surface area (Å²) in [5.74, 6) is -0.879. The zero-order chi connectivity index (χ0) is 49.3. The Morgan fingerprint density at radius 1 is 0.294 bits per heavy atom. The maximum atomic E-state index is 12.9. The number of rotatable bonds is 54. The normalized spacial score (nSPS) is 12.3. The van der Waals surface area contributed by atoms with Crippen molar-refractivity contribution in [2.45, 2.75) is 316 Å². The number of allylic oxidation sites excluding steroid dienone is 8. The first kappa shape index (κ1) is 65.4. The minimum absolute atomic E-state index is 0.0762. The van der Waals surface area contributed by atoms with Crippen LogP contribution in [0.2, 0.25) is 0 Å². The van der Waals surface area contributed by atoms with Crippen molar-refractivity contribution in [1.29, 1.82) is 0 Å². The molecule has 0 aliphatic heterocycles. The van der Waals surface area contributed by atoms with Gasteiger partial charge in [0.25, 0.3) is 0 Å². The first-order chi connectivity index (χ1) is 33.5. The van der Waals surface area contributed by atoms with E-state index in [1.807, 2.05) is 0 Å². The van der Waals surface area contributed by atoms with Crippen LogP contribution in [0, 0.1) is 0 Å². The Kier molecular flexibility index (Phi) is 54.8. The van der Waals surface area contributed by atoms with E-state index >= 15 is 0 Å². The minimum atomic E-state index is -0.779. The predicted octanol–water partition coefficient (Wildman–Crippen LogP) is 19.8. The minimum Gasteiger partial charge on any atom is -0.462 e. The van der Waals surface area contributed by atoms with E-state index in [0.717, 1.165) is 77.0 Å². The molecule has 0 saturated carbocycles. The van der Waals surface area contributed by atoms with Gasteiger partial charge < -0.3 is 14.2 Å². The Labute approximate surface area is 422 Å². The van der Waals surface area contributed by atoms with Gasteiger partial charge in [-0.25, -0.2) is 0 Å². The Hall–Kier alpha value is -2.63. The molecule has 1 atom stereocenters. The van der Waals surface area contributed by atoms with E-state index in [-0.39, 0.29) is 31.1 Å². The molecular formula is C62H112O6. The molecule has 0 rings (SSSR count). The fourth-order valence-electron chi connectivity index (χ4n) is 8.56. The van der Waals surface area contributed by atoms with Gasteiger partial charge in [-0.05, 0) is 83.5 Å². The fourth-order valence-corrected chi connectivity index (χ4v) is 8.56. The summed E-state index contributed by atoms with van der Waals surface area (Å²) in [5.41, 5.74) is 0. The van der Waals surface area contributed by atoms with Crippen molar-refractivity contribution >= 4 is 17.9 Å². The molecule has 0 bridgehead atoms. The first-order valence-electron chi connectivity index (χ1n) is 29.6. The molecular weight excluding hydrogens is 841 g/mol. The van der Waals surface area contributed by atoms with Gasteiger partial charge in [0, 0.05) is 19.3 Å². The Balaban J connectivity index is 4.35. The Morgan fingerprint density at radius 2 is 0.529 bits per heavy atom. The maximum absolute atomic E-state index is 12.9. The standard InChI is InChI=1S/C62H112O6/c1-4-7-10-13-16-19-22-25-27-29-30-31-32-34-35-37-40-43-46-49-52-55-61(64)67-58-59(57-66-60(63)54-51-48-45-42-39-24-21-18-15-12-9-6-3)68-62(65)56-53-50-47-44-41-38-36-33-28-26-23-20-17-14-11-8-5-2/h22,25-26,28-30,32,34,59H,4-21,23-24,27,31,33,35-58H2,1-3H3/b25-22-,28-26-,30-29-,34-32-. The Bertz CT molecular complexity index is 1190. The third kappa shape index (κ3) is 54.3. The molecule has 6 nitrogen and oxygen atoms in total. The number of esters is 3. The van der Waals surface area contributed by atoms with E-state index in [2.05, 4.69) is 69.4 Å². The number of ether oxygens (including phenoxy) is 3. The first-order valence-corrected chi connectivity index (χ1v) is 29.6. The zero-order valence-electron chi connectivity index (χ0n) is 45.4. The van der Waals surface area contributed by atoms with Crippen molar-refractivity contribution in [1.82, 2.24) is 0 Å². The van der Waals surface area contributed by atoms with Crippen LogP contribution in [0.4, 0.5) is 0 Å². The lowest BCUT2D eigenvalue weighted by Gasteiger charge is -2.18. The van der Waals surface area contributed by atoms with Gasteiger partial charge in [-0.15, -0.1) is 0 Å². The van der Waals surface area contributed by atoms with Crippen molar-refractivity contribution in [2.75, 3.05) is 13.2 Å². The molecule has 0 aromatic heterocycles. The maximum Gasteiger partial charge on any atom is 0.306 e. The molecule has 396 valence electrons. The van der Waals surface area contributed by atoms with Gasteiger partial charge in [-0.2, -0.15) is 0 Å². The van der Waals surface area contributed by atoms with Gasteiger partial charge in [-0.3, -0.25) is 14.4 Å². The molecule has 0 heterocycles. The van der Waals surface area contributed by atoms with Gasteiger partial charge in [0.1, 0.15) is 13.2 Å². The summed E-state index contributed by atoms with van der Waals surface area (Å²) in [6.45, 7) is 6.64. The van der Waals surface area contributed by atoms with E-state index in [1.54, 1.807) is 0 Å². The van der Waals surface area contributed by atoms with Crippen LogP contribution in [0.1, 0.15) is 310 Å². The predicted molar refractivity (Wildman–Crippen MR) is 293 cm³/mol. The largest absolute Gasteiger partial charge is 0.462 e. The van der Waals surface area contributed by atoms with Crippen LogP contribution in [-0.4, -0.2) is 37.2 Å². The molecule has 0 aromatic carbocycles. The van der Waals surface area contributed by atoms with E-state index in [0.29, 0.717) is 19.3 Å². The third-order valence-electron chi connectivity index (χ3n) is 13.1. The van der Waals surface area contributed by atoms with E-state index in [1.165, 1.54) is 193 Å². The zero-order valence-corrected chi connectivity index (χ0v) is 45.4. The molecule has 0 saturated heterocycles. The highest BCUT2D eigenvalue weighted by atomic mass is 16.6. The van der Waals surface area contributed by atoms with Gasteiger partial charge in [0.15, 0.2) is 6.10 Å². The van der Waals surface area contributed by atoms with Crippen LogP contribution in [0.5, 0.6) is 0 Å². The number of hydrogen-bond donors (Lipinski definition) is 0. The summed E-state index contributed by atoms with van der Waals surface area (Å²) in [6, 6.07) is 0. The molecule has 0 aliphatic rings. The summed E-state index contributed by atoms with van der Waals surface area (Å²) in [6.07, 6.45) is 69.6. The lowest BCUT2D eigenvalue weighted by molar-refractivity contribution is -0.167. The number of carbonyl (C=O) groups excluding carboxylic acids is 3. The average Bonchev–Trinajstić information content (AvgIpc) is 3.34. The quantitative estimate of drug-likeness (QED) is 0.0262. The van der Waals surface area contributed by atoms with Crippen molar-refractivity contribution < 1.29 is 28.6 Å². The molecule has 68 heavy (non-hydrogen) atoms. The monoisotopic (exact) mass is 953 g/mol. The van der Waals surface area contributed by atoms with E-state index < -0.39 is 6.10 Å². The summed E-state index contributed by atoms with van der Waals surface area (Å²) < 4.78 is 16.9. The highest BCUT2D eigenvalue weighted by Gasteiger charge is 2.19. The molecule has 0 N–H and O–H groups in total. The van der Waals surface area contributed by atoms with Crippen LogP contribution < -0.4 is 0 Å². The van der Waals surface area contributed by atoms with Crippen LogP contribution in [0.25, 0.3) is 0 Å². The molecule has 6 heteroatoms. The summed E-state index contributed by atoms with van der Waals surface area (Å²) in [4.78, 5) is 38.2. The van der Waals surface area contributed by atoms with E-state index in [9.17, 15) is 14.4 Å². The van der Waals surface area contributed by atoms with Crippen molar-refractivity contribution in [2.24, 2.45) is 0 Å². The van der Waals surface area contributed by atoms with Gasteiger partial charge in [0.2, 0.25) is 0 Å². The molecule has 1 unspecified atom stereocenters. The molecule has 0 amide bonds. The van der Waals surface area contributed by atoms with Crippen LogP contribution in [-0.2, 0) is 28.6 Å². The molecule has 0 aliphatic carbocycles. The van der Waals surface area contributed by atoms with Gasteiger partial charge in [-0.1, -0.05) is 256 Å². The second kappa shape index (κ2) is 57.0. The van der Waals surface area contributed by atoms with Crippen LogP contribution in [0.3, 0.4) is 0 Å². The molecule has 0 spiro atoms. The summed E-state index contributed by atoms with van der Waals surface area (Å²) in [7, 11) is 0. The topological polar surface area (TPSA) is 78.9 Å². The molecule has 0 fully saturated rings. The van der Waals surface area contributed by atoms with Crippen LogP contribution in [0.15, 0.2) is 48.6 Å². The lowest BCUT2D eigenvalue weighted by Crippen LogP contribution is -2.30. The number of carbonyl (C=O) groups is 3. The second-order valence-corrected chi connectivity index (χ2v) is 19.9. The van der Waals surface area contributed by atoms with E-state index in [4.69, 9.17) is 14.2 Å². The third-order valence-corrected chi connectivity index (χ3v) is 13.1. The summed E-state index contributed by atoms with van der Waals surface area (Å²) in [5, 5.41) is 0. The van der Waals surface area contributed by atoms with Crippen molar-refractivity contribution in [3.8, 4) is 0 Å². The van der Waals surface area contributed by atoms with Crippen molar-refractivity contribution in [3.05, 3.63) is 48.6 Å². The smallest absolute Gasteiger partial charge is 0.306 e. The second-order valence-electron chi connectivity index (χ2n) is 19.9. The highest BCUT2D eigenvalue weighted by molar-refractivity contribution is 5.71. The molecule has 0 aromatic rings. The number of hydrogen-bond acceptors (Lipinski definition) is 6. The summed E-state index contributed by atoms with van der Waals surface area (Å²) >= 11 is 0. The van der Waals surface area contributed by atoms with Gasteiger partial charge >= 0.3 is 17.9 Å². The Morgan fingerprint density at radius 3 is 0.838 bits per heavy atom. The molecule has 0 radical (unpaired) electrons. The average molecular weight is 954 g/mol. The highest BCUT2D eigenvalue weighted by Crippen LogP contribution is 2.16. The SMILES string of the molecule is CCCCCCC/C=C\C/C=C\C/C=C\CCCCCCCCC(=O)OCC(COC(=O)CCCCCCCCCCCCCC)OC(=O)CCCCCCCCC/C=C\CCCCCCCC. The fraction of sp³-hybridized carbons (Fsp3) is 0.823.